The summed E-state index contributed by atoms with van der Waals surface area (Å²) in [5, 5.41) is 13.2. The van der Waals surface area contributed by atoms with E-state index in [-0.39, 0.29) is 11.8 Å². The van der Waals surface area contributed by atoms with Gasteiger partial charge in [-0.05, 0) is 38.9 Å². The van der Waals surface area contributed by atoms with E-state index < -0.39 is 16.7 Å². The molecule has 1 aliphatic rings. The third kappa shape index (κ3) is 3.31. The van der Waals surface area contributed by atoms with E-state index in [1.807, 2.05) is 0 Å². The zero-order valence-corrected chi connectivity index (χ0v) is 10.8. The van der Waals surface area contributed by atoms with Gasteiger partial charge in [-0.2, -0.15) is 0 Å². The van der Waals surface area contributed by atoms with Gasteiger partial charge in [-0.1, -0.05) is 0 Å². The second-order valence-electron chi connectivity index (χ2n) is 4.70. The Hall–Kier alpha value is -1.89. The highest BCUT2D eigenvalue weighted by molar-refractivity contribution is 5.91. The molecular weight excluding hydrogens is 250 g/mol. The number of nitro groups is 1. The molecule has 0 aliphatic carbocycles. The number of hydrogen-bond donors (Lipinski definition) is 1. The smallest absolute Gasteiger partial charge is 0.395 e. The van der Waals surface area contributed by atoms with Gasteiger partial charge in [-0.3, -0.25) is 19.8 Å². The van der Waals surface area contributed by atoms with Gasteiger partial charge in [0.1, 0.15) is 4.92 Å². The first-order chi connectivity index (χ1) is 9.08. The average Bonchev–Trinajstić information content (AvgIpc) is 3.05. The van der Waals surface area contributed by atoms with Crippen LogP contribution in [-0.4, -0.2) is 41.4 Å². The second-order valence-corrected chi connectivity index (χ2v) is 4.70. The van der Waals surface area contributed by atoms with Crippen LogP contribution in [0.2, 0.25) is 0 Å². The number of likely N-dealkylation sites (tertiary alicyclic amines) is 1. The Morgan fingerprint density at radius 2 is 2.21 bits per heavy atom. The third-order valence-electron chi connectivity index (χ3n) is 3.32. The maximum absolute atomic E-state index is 11.8. The summed E-state index contributed by atoms with van der Waals surface area (Å²) < 4.78 is 4.84. The van der Waals surface area contributed by atoms with E-state index in [0.717, 1.165) is 13.1 Å². The van der Waals surface area contributed by atoms with Gasteiger partial charge in [-0.15, -0.1) is 0 Å². The summed E-state index contributed by atoms with van der Waals surface area (Å²) in [4.78, 5) is 23.9. The Labute approximate surface area is 110 Å². The molecule has 0 bridgehead atoms. The van der Waals surface area contributed by atoms with Crippen LogP contribution in [0.25, 0.3) is 0 Å². The van der Waals surface area contributed by atoms with Crippen molar-refractivity contribution in [3.63, 3.8) is 0 Å². The number of furan rings is 1. The van der Waals surface area contributed by atoms with Crippen molar-refractivity contribution in [1.82, 2.24) is 10.2 Å². The molecule has 2 heterocycles. The Bertz CT molecular complexity index is 465. The summed E-state index contributed by atoms with van der Waals surface area (Å²) in [6.07, 6.45) is 2.39. The fraction of sp³-hybridized carbons (Fsp3) is 0.583. The van der Waals surface area contributed by atoms with Crippen LogP contribution >= 0.6 is 0 Å². The first-order valence-corrected chi connectivity index (χ1v) is 6.34. The summed E-state index contributed by atoms with van der Waals surface area (Å²) in [5.74, 6) is -0.864. The minimum atomic E-state index is -0.663. The molecule has 2 rings (SSSR count). The molecule has 1 aromatic heterocycles. The van der Waals surface area contributed by atoms with Gasteiger partial charge in [0.05, 0.1) is 6.07 Å². The molecule has 1 fully saturated rings. The van der Waals surface area contributed by atoms with Gasteiger partial charge >= 0.3 is 5.88 Å². The number of nitrogens with one attached hydrogen (secondary N) is 1. The van der Waals surface area contributed by atoms with Crippen LogP contribution in [0.3, 0.4) is 0 Å². The van der Waals surface area contributed by atoms with Gasteiger partial charge < -0.3 is 9.73 Å². The van der Waals surface area contributed by atoms with Gasteiger partial charge in [0.15, 0.2) is 5.76 Å². The molecule has 1 aromatic rings. The quantitative estimate of drug-likeness (QED) is 0.643. The van der Waals surface area contributed by atoms with E-state index in [2.05, 4.69) is 17.1 Å². The highest BCUT2D eigenvalue weighted by Crippen LogP contribution is 2.15. The summed E-state index contributed by atoms with van der Waals surface area (Å²) in [6.45, 7) is 4.68. The zero-order chi connectivity index (χ0) is 13.8. The minimum absolute atomic E-state index is 0.0275. The monoisotopic (exact) mass is 267 g/mol. The third-order valence-corrected chi connectivity index (χ3v) is 3.32. The Morgan fingerprint density at radius 3 is 2.79 bits per heavy atom. The lowest BCUT2D eigenvalue weighted by Gasteiger charge is -2.23. The van der Waals surface area contributed by atoms with Crippen molar-refractivity contribution < 1.29 is 14.1 Å². The summed E-state index contributed by atoms with van der Waals surface area (Å²) in [5.41, 5.74) is 0. The predicted octanol–water partition coefficient (Wildman–Crippen LogP) is 1.40. The fourth-order valence-electron chi connectivity index (χ4n) is 2.19. The maximum atomic E-state index is 11.8. The Morgan fingerprint density at radius 1 is 1.53 bits per heavy atom. The highest BCUT2D eigenvalue weighted by Gasteiger charge is 2.20. The lowest BCUT2D eigenvalue weighted by atomic mass is 10.3. The van der Waals surface area contributed by atoms with Crippen molar-refractivity contribution in [1.29, 1.82) is 0 Å². The van der Waals surface area contributed by atoms with Crippen LogP contribution in [-0.2, 0) is 0 Å². The molecule has 0 aromatic carbocycles. The van der Waals surface area contributed by atoms with Crippen molar-refractivity contribution >= 4 is 11.8 Å². The van der Waals surface area contributed by atoms with Gasteiger partial charge in [0, 0.05) is 12.6 Å². The average molecular weight is 267 g/mol. The van der Waals surface area contributed by atoms with Crippen molar-refractivity contribution in [3.8, 4) is 0 Å². The van der Waals surface area contributed by atoms with Crippen LogP contribution in [0.4, 0.5) is 5.88 Å². The van der Waals surface area contributed by atoms with Crippen LogP contribution < -0.4 is 5.32 Å². The van der Waals surface area contributed by atoms with Crippen molar-refractivity contribution in [2.75, 3.05) is 19.6 Å². The molecule has 1 saturated heterocycles. The molecule has 0 unspecified atom stereocenters. The summed E-state index contributed by atoms with van der Waals surface area (Å²) in [7, 11) is 0. The number of carbonyl (C=O) groups is 1. The molecule has 19 heavy (non-hydrogen) atoms. The van der Waals surface area contributed by atoms with E-state index in [4.69, 9.17) is 4.42 Å². The van der Waals surface area contributed by atoms with Gasteiger partial charge in [0.2, 0.25) is 0 Å². The van der Waals surface area contributed by atoms with E-state index in [0.29, 0.717) is 6.54 Å². The zero-order valence-electron chi connectivity index (χ0n) is 10.8. The second kappa shape index (κ2) is 5.83. The summed E-state index contributed by atoms with van der Waals surface area (Å²) in [6, 6.07) is 2.75. The van der Waals surface area contributed by atoms with E-state index >= 15 is 0 Å². The molecule has 0 spiro atoms. The fourth-order valence-corrected chi connectivity index (χ4v) is 2.19. The lowest BCUT2D eigenvalue weighted by molar-refractivity contribution is -0.402. The highest BCUT2D eigenvalue weighted by atomic mass is 16.6. The number of carbonyl (C=O) groups excluding carboxylic acids is 1. The topological polar surface area (TPSA) is 88.6 Å². The minimum Gasteiger partial charge on any atom is -0.395 e. The first-order valence-electron chi connectivity index (χ1n) is 6.34. The number of rotatable bonds is 5. The Balaban J connectivity index is 1.84. The SMILES string of the molecule is C[C@H](CNC(=O)c1ccc([N+](=O)[O-])o1)N1CCCC1. The van der Waals surface area contributed by atoms with E-state index in [9.17, 15) is 14.9 Å². The molecule has 0 radical (unpaired) electrons. The molecule has 104 valence electrons. The lowest BCUT2D eigenvalue weighted by Crippen LogP contribution is -2.40. The van der Waals surface area contributed by atoms with Crippen molar-refractivity contribution in [2.45, 2.75) is 25.8 Å². The molecule has 1 atom stereocenters. The van der Waals surface area contributed by atoms with E-state index in [1.165, 1.54) is 25.0 Å². The molecule has 1 aliphatic heterocycles. The molecular formula is C12H17N3O4. The number of nitrogens with zero attached hydrogens (tertiary/aromatic N) is 2. The molecule has 0 saturated carbocycles. The largest absolute Gasteiger partial charge is 0.433 e. The maximum Gasteiger partial charge on any atom is 0.433 e. The van der Waals surface area contributed by atoms with Crippen LogP contribution in [0.1, 0.15) is 30.3 Å². The first kappa shape index (κ1) is 13.5. The van der Waals surface area contributed by atoms with E-state index in [1.54, 1.807) is 0 Å². The van der Waals surface area contributed by atoms with Crippen molar-refractivity contribution in [2.24, 2.45) is 0 Å². The van der Waals surface area contributed by atoms with Crippen LogP contribution in [0.5, 0.6) is 0 Å². The molecule has 7 nitrogen and oxygen atoms in total. The number of amides is 1. The van der Waals surface area contributed by atoms with Crippen LogP contribution in [0, 0.1) is 10.1 Å². The molecule has 1 amide bonds. The molecule has 7 heteroatoms. The van der Waals surface area contributed by atoms with Crippen molar-refractivity contribution in [3.05, 3.63) is 28.0 Å². The summed E-state index contributed by atoms with van der Waals surface area (Å²) >= 11 is 0. The van der Waals surface area contributed by atoms with Gasteiger partial charge in [-0.25, -0.2) is 0 Å². The molecule has 1 N–H and O–H groups in total. The normalized spacial score (nSPS) is 17.3. The number of hydrogen-bond acceptors (Lipinski definition) is 5. The van der Waals surface area contributed by atoms with Gasteiger partial charge in [0.25, 0.3) is 5.91 Å². The Kier molecular flexibility index (Phi) is 4.16. The predicted molar refractivity (Wildman–Crippen MR) is 68.0 cm³/mol. The van der Waals surface area contributed by atoms with Crippen LogP contribution in [0.15, 0.2) is 16.5 Å². The standard InChI is InChI=1S/C12H17N3O4/c1-9(14-6-2-3-7-14)8-13-12(16)10-4-5-11(19-10)15(17)18/h4-5,9H,2-3,6-8H2,1H3,(H,13,16)/t9-/m1/s1.